The molecule has 0 atom stereocenters. The lowest BCUT2D eigenvalue weighted by Gasteiger charge is -2.10. The maximum atomic E-state index is 13.3. The first kappa shape index (κ1) is 22.2. The van der Waals surface area contributed by atoms with Crippen LogP contribution in [0.2, 0.25) is 0 Å². The summed E-state index contributed by atoms with van der Waals surface area (Å²) in [7, 11) is -3.74. The number of hydrogen-bond donors (Lipinski definition) is 0. The lowest BCUT2D eigenvalue weighted by Crippen LogP contribution is -2.05. The highest BCUT2D eigenvalue weighted by Crippen LogP contribution is 2.35. The van der Waals surface area contributed by atoms with Gasteiger partial charge in [0.1, 0.15) is 5.82 Å². The van der Waals surface area contributed by atoms with E-state index in [-0.39, 0.29) is 9.92 Å². The molecule has 0 fully saturated rings. The van der Waals surface area contributed by atoms with Crippen LogP contribution in [0.1, 0.15) is 11.3 Å². The number of fused-ring (bicyclic) bond motifs is 3. The Hall–Kier alpha value is -4.29. The molecule has 3 heterocycles. The number of sulfone groups is 1. The van der Waals surface area contributed by atoms with Crippen LogP contribution in [-0.2, 0) is 9.84 Å². The van der Waals surface area contributed by atoms with Crippen LogP contribution in [0.3, 0.4) is 0 Å². The highest BCUT2D eigenvalue weighted by atomic mass is 32.2. The van der Waals surface area contributed by atoms with Crippen LogP contribution in [0.5, 0.6) is 0 Å². The Labute approximate surface area is 209 Å². The summed E-state index contributed by atoms with van der Waals surface area (Å²) in [5, 5.41) is 2.32. The van der Waals surface area contributed by atoms with Crippen molar-refractivity contribution >= 4 is 31.6 Å². The van der Waals surface area contributed by atoms with Crippen molar-refractivity contribution in [3.8, 4) is 16.9 Å². The first-order valence-electron chi connectivity index (χ1n) is 11.7. The van der Waals surface area contributed by atoms with Gasteiger partial charge in [-0.1, -0.05) is 48.5 Å². The Morgan fingerprint density at radius 3 is 2.31 bits per heavy atom. The van der Waals surface area contributed by atoms with Gasteiger partial charge >= 0.3 is 0 Å². The molecule has 6 aromatic rings. The Bertz CT molecular complexity index is 1890. The zero-order valence-electron chi connectivity index (χ0n) is 19.9. The Morgan fingerprint density at radius 2 is 1.47 bits per heavy atom. The SMILES string of the molecule is Cc1ccnc(-n2c3ccccc3c3ccc(-c4cccc(S(=O)(=O)c5cccc(C)n5)c4)cc32)c1. The number of hydrogen-bond acceptors (Lipinski definition) is 4. The number of rotatable bonds is 4. The van der Waals surface area contributed by atoms with Gasteiger partial charge in [0, 0.05) is 22.7 Å². The molecule has 0 amide bonds. The second kappa shape index (κ2) is 8.43. The predicted octanol–water partition coefficient (Wildman–Crippen LogP) is 6.69. The normalized spacial score (nSPS) is 11.8. The van der Waals surface area contributed by atoms with Gasteiger partial charge in [-0.2, -0.15) is 0 Å². The van der Waals surface area contributed by atoms with E-state index in [4.69, 9.17) is 0 Å². The molecule has 3 aromatic carbocycles. The molecule has 0 N–H and O–H groups in total. The molecule has 176 valence electrons. The first-order valence-corrected chi connectivity index (χ1v) is 13.2. The summed E-state index contributed by atoms with van der Waals surface area (Å²) in [5.41, 5.74) is 5.62. The van der Waals surface area contributed by atoms with E-state index in [1.54, 1.807) is 37.3 Å². The molecule has 0 aliphatic heterocycles. The summed E-state index contributed by atoms with van der Waals surface area (Å²) >= 11 is 0. The number of aromatic nitrogens is 3. The third kappa shape index (κ3) is 3.67. The molecule has 0 saturated carbocycles. The van der Waals surface area contributed by atoms with Crippen molar-refractivity contribution in [1.82, 2.24) is 14.5 Å². The second-order valence-electron chi connectivity index (χ2n) is 8.92. The Kier molecular flexibility index (Phi) is 5.20. The maximum Gasteiger partial charge on any atom is 0.223 e. The molecule has 6 rings (SSSR count). The molecule has 6 heteroatoms. The molecule has 3 aromatic heterocycles. The number of para-hydroxylation sites is 1. The van der Waals surface area contributed by atoms with Crippen molar-refractivity contribution in [2.75, 3.05) is 0 Å². The predicted molar refractivity (Wildman–Crippen MR) is 143 cm³/mol. The van der Waals surface area contributed by atoms with Gasteiger partial charge in [0.05, 0.1) is 15.9 Å². The van der Waals surface area contributed by atoms with Gasteiger partial charge in [-0.25, -0.2) is 18.4 Å². The number of pyridine rings is 2. The van der Waals surface area contributed by atoms with E-state index in [0.717, 1.165) is 44.3 Å². The van der Waals surface area contributed by atoms with Gasteiger partial charge < -0.3 is 0 Å². The number of benzene rings is 3. The van der Waals surface area contributed by atoms with Crippen molar-refractivity contribution in [2.24, 2.45) is 0 Å². The summed E-state index contributed by atoms with van der Waals surface area (Å²) in [6.45, 7) is 3.84. The Balaban J connectivity index is 1.54. The summed E-state index contributed by atoms with van der Waals surface area (Å²) < 4.78 is 28.8. The van der Waals surface area contributed by atoms with E-state index >= 15 is 0 Å². The molecular weight excluding hydrogens is 466 g/mol. The van der Waals surface area contributed by atoms with Crippen LogP contribution in [0.25, 0.3) is 38.8 Å². The van der Waals surface area contributed by atoms with E-state index in [1.165, 1.54) is 6.07 Å². The zero-order valence-corrected chi connectivity index (χ0v) is 20.7. The van der Waals surface area contributed by atoms with Crippen LogP contribution < -0.4 is 0 Å². The fourth-order valence-corrected chi connectivity index (χ4v) is 5.97. The summed E-state index contributed by atoms with van der Waals surface area (Å²) in [4.78, 5) is 9.11. The van der Waals surface area contributed by atoms with E-state index in [2.05, 4.69) is 51.8 Å². The molecular formula is C30H23N3O2S. The van der Waals surface area contributed by atoms with E-state index in [9.17, 15) is 8.42 Å². The van der Waals surface area contributed by atoms with Crippen molar-refractivity contribution < 1.29 is 8.42 Å². The highest BCUT2D eigenvalue weighted by molar-refractivity contribution is 7.91. The molecule has 0 bridgehead atoms. The van der Waals surface area contributed by atoms with E-state index in [1.807, 2.05) is 36.5 Å². The first-order chi connectivity index (χ1) is 17.4. The molecule has 0 unspecified atom stereocenters. The zero-order chi connectivity index (χ0) is 24.9. The standard InChI is InChI=1S/C30H23N3O2S/c1-20-15-16-31-29(17-20)33-27-11-4-3-10-25(27)26-14-13-23(19-28(26)33)22-8-6-9-24(18-22)36(34,35)30-12-5-7-21(2)32-30/h3-19H,1-2H3. The van der Waals surface area contributed by atoms with Gasteiger partial charge in [0.25, 0.3) is 0 Å². The largest absolute Gasteiger partial charge is 0.294 e. The van der Waals surface area contributed by atoms with Gasteiger partial charge in [-0.05, 0) is 79.1 Å². The van der Waals surface area contributed by atoms with Gasteiger partial charge in [0.2, 0.25) is 9.84 Å². The summed E-state index contributed by atoms with van der Waals surface area (Å²) in [6.07, 6.45) is 1.82. The van der Waals surface area contributed by atoms with Gasteiger partial charge in [-0.15, -0.1) is 0 Å². The molecule has 0 aliphatic carbocycles. The van der Waals surface area contributed by atoms with E-state index < -0.39 is 9.84 Å². The molecule has 0 aliphatic rings. The second-order valence-corrected chi connectivity index (χ2v) is 10.8. The van der Waals surface area contributed by atoms with Crippen LogP contribution in [0.4, 0.5) is 0 Å². The minimum absolute atomic E-state index is 0.0562. The minimum Gasteiger partial charge on any atom is -0.294 e. The summed E-state index contributed by atoms with van der Waals surface area (Å²) in [6, 6.07) is 30.7. The lowest BCUT2D eigenvalue weighted by atomic mass is 10.0. The van der Waals surface area contributed by atoms with Crippen molar-refractivity contribution in [2.45, 2.75) is 23.8 Å². The number of nitrogens with zero attached hydrogens (tertiary/aromatic N) is 3. The minimum atomic E-state index is -3.74. The molecule has 5 nitrogen and oxygen atoms in total. The lowest BCUT2D eigenvalue weighted by molar-refractivity contribution is 0.592. The topological polar surface area (TPSA) is 64.8 Å². The van der Waals surface area contributed by atoms with Crippen molar-refractivity contribution in [1.29, 1.82) is 0 Å². The van der Waals surface area contributed by atoms with Crippen molar-refractivity contribution in [3.63, 3.8) is 0 Å². The van der Waals surface area contributed by atoms with Gasteiger partial charge in [-0.3, -0.25) is 4.57 Å². The smallest absolute Gasteiger partial charge is 0.223 e. The fourth-order valence-electron chi connectivity index (χ4n) is 4.67. The van der Waals surface area contributed by atoms with Crippen LogP contribution in [0, 0.1) is 13.8 Å². The van der Waals surface area contributed by atoms with Gasteiger partial charge in [0.15, 0.2) is 5.03 Å². The van der Waals surface area contributed by atoms with Crippen LogP contribution >= 0.6 is 0 Å². The molecule has 36 heavy (non-hydrogen) atoms. The third-order valence-electron chi connectivity index (χ3n) is 6.42. The van der Waals surface area contributed by atoms with Crippen LogP contribution in [-0.4, -0.2) is 23.0 Å². The molecule has 0 radical (unpaired) electrons. The van der Waals surface area contributed by atoms with Crippen LogP contribution in [0.15, 0.2) is 113 Å². The third-order valence-corrected chi connectivity index (χ3v) is 8.07. The highest BCUT2D eigenvalue weighted by Gasteiger charge is 2.20. The number of aryl methyl sites for hydroxylation is 2. The van der Waals surface area contributed by atoms with Crippen molar-refractivity contribution in [3.05, 3.63) is 115 Å². The molecule has 0 spiro atoms. The monoisotopic (exact) mass is 489 g/mol. The quantitative estimate of drug-likeness (QED) is 0.277. The fraction of sp³-hybridized carbons (Fsp3) is 0.0667. The average Bonchev–Trinajstić information content (AvgIpc) is 3.22. The molecule has 0 saturated heterocycles. The Morgan fingerprint density at radius 1 is 0.694 bits per heavy atom. The van der Waals surface area contributed by atoms with E-state index in [0.29, 0.717) is 5.69 Å². The average molecular weight is 490 g/mol. The summed E-state index contributed by atoms with van der Waals surface area (Å²) in [5.74, 6) is 0.847. The maximum absolute atomic E-state index is 13.3.